The fourth-order valence-corrected chi connectivity index (χ4v) is 4.20. The van der Waals surface area contributed by atoms with E-state index in [2.05, 4.69) is 34.9 Å². The van der Waals surface area contributed by atoms with Gasteiger partial charge in [-0.2, -0.15) is 0 Å². The normalized spacial score (nSPS) is 14.1. The van der Waals surface area contributed by atoms with Crippen molar-refractivity contribution in [2.24, 2.45) is 11.8 Å². The molecule has 0 radical (unpaired) electrons. The lowest BCUT2D eigenvalue weighted by molar-refractivity contribution is -0.143. The Balaban J connectivity index is 1.47. The molecule has 2 aromatic rings. The molecule has 3 rings (SSSR count). The van der Waals surface area contributed by atoms with E-state index in [0.717, 1.165) is 22.3 Å². The summed E-state index contributed by atoms with van der Waals surface area (Å²) < 4.78 is 10.8. The van der Waals surface area contributed by atoms with Gasteiger partial charge >= 0.3 is 12.1 Å². The van der Waals surface area contributed by atoms with Crippen LogP contribution in [0, 0.1) is 11.8 Å². The Morgan fingerprint density at radius 2 is 1.53 bits per heavy atom. The smallest absolute Gasteiger partial charge is 0.407 e. The molecule has 0 spiro atoms. The Labute approximate surface area is 199 Å². The zero-order valence-corrected chi connectivity index (χ0v) is 19.7. The third-order valence-electron chi connectivity index (χ3n) is 6.21. The first-order valence-corrected chi connectivity index (χ1v) is 11.4. The molecule has 2 amide bonds. The van der Waals surface area contributed by atoms with Crippen molar-refractivity contribution in [1.29, 1.82) is 0 Å². The van der Waals surface area contributed by atoms with Crippen molar-refractivity contribution in [1.82, 2.24) is 10.6 Å². The highest BCUT2D eigenvalue weighted by atomic mass is 16.5. The number of benzene rings is 2. The number of carboxylic acids is 1. The van der Waals surface area contributed by atoms with Gasteiger partial charge in [0.25, 0.3) is 0 Å². The van der Waals surface area contributed by atoms with Crippen molar-refractivity contribution < 1.29 is 29.0 Å². The topological polar surface area (TPSA) is 114 Å². The summed E-state index contributed by atoms with van der Waals surface area (Å²) >= 11 is 0. The fourth-order valence-electron chi connectivity index (χ4n) is 4.20. The molecule has 2 unspecified atom stereocenters. The molecular weight excluding hydrogens is 436 g/mol. The Hall–Kier alpha value is -3.39. The number of carbonyl (C=O) groups excluding carboxylic acids is 2. The molecule has 0 fully saturated rings. The standard InChI is InChI=1S/C26H32N2O6/c1-16(2)22(25(30)31)14-27-24(29)12-17(33-3)13-28-26(32)34-15-23-20-10-6-4-8-18(20)19-9-5-7-11-21(19)23/h4-11,16-17,22-23H,12-15H2,1-3H3,(H,27,29)(H,28,32)(H,30,31). The predicted molar refractivity (Wildman–Crippen MR) is 127 cm³/mol. The molecule has 0 aliphatic heterocycles. The van der Waals surface area contributed by atoms with Gasteiger partial charge < -0.3 is 25.2 Å². The van der Waals surface area contributed by atoms with Gasteiger partial charge in [-0.25, -0.2) is 4.79 Å². The van der Waals surface area contributed by atoms with Crippen molar-refractivity contribution >= 4 is 18.0 Å². The summed E-state index contributed by atoms with van der Waals surface area (Å²) in [4.78, 5) is 35.8. The van der Waals surface area contributed by atoms with E-state index in [4.69, 9.17) is 9.47 Å². The minimum atomic E-state index is -0.949. The predicted octanol–water partition coefficient (Wildman–Crippen LogP) is 3.40. The number of nitrogens with one attached hydrogen (secondary N) is 2. The second-order valence-corrected chi connectivity index (χ2v) is 8.76. The van der Waals surface area contributed by atoms with E-state index in [1.54, 1.807) is 13.8 Å². The molecule has 2 aromatic carbocycles. The summed E-state index contributed by atoms with van der Waals surface area (Å²) in [5, 5.41) is 14.5. The number of amides is 2. The molecule has 3 N–H and O–H groups in total. The van der Waals surface area contributed by atoms with Gasteiger partial charge in [-0.1, -0.05) is 62.4 Å². The Bertz CT molecular complexity index is 976. The monoisotopic (exact) mass is 468 g/mol. The number of alkyl carbamates (subject to hydrolysis) is 1. The number of carboxylic acid groups (broad SMARTS) is 1. The van der Waals surface area contributed by atoms with Crippen LogP contribution in [0.3, 0.4) is 0 Å². The molecule has 0 heterocycles. The first kappa shape index (κ1) is 25.2. The number of methoxy groups -OCH3 is 1. The molecule has 0 bridgehead atoms. The van der Waals surface area contributed by atoms with E-state index >= 15 is 0 Å². The number of ether oxygens (including phenoxy) is 2. The summed E-state index contributed by atoms with van der Waals surface area (Å²) in [5.41, 5.74) is 4.56. The molecule has 1 aliphatic rings. The molecule has 8 heteroatoms. The molecule has 8 nitrogen and oxygen atoms in total. The lowest BCUT2D eigenvalue weighted by atomic mass is 9.96. The molecule has 0 saturated heterocycles. The average Bonchev–Trinajstić information content (AvgIpc) is 3.13. The van der Waals surface area contributed by atoms with Crippen molar-refractivity contribution in [2.45, 2.75) is 32.3 Å². The van der Waals surface area contributed by atoms with Gasteiger partial charge in [-0.3, -0.25) is 9.59 Å². The second-order valence-electron chi connectivity index (χ2n) is 8.76. The van der Waals surface area contributed by atoms with Crippen LogP contribution in [-0.2, 0) is 19.1 Å². The third-order valence-corrected chi connectivity index (χ3v) is 6.21. The van der Waals surface area contributed by atoms with Gasteiger partial charge in [-0.05, 0) is 28.2 Å². The molecule has 0 saturated carbocycles. The highest BCUT2D eigenvalue weighted by Gasteiger charge is 2.29. The van der Waals surface area contributed by atoms with Crippen LogP contribution in [0.5, 0.6) is 0 Å². The Morgan fingerprint density at radius 1 is 0.941 bits per heavy atom. The fraction of sp³-hybridized carbons (Fsp3) is 0.423. The summed E-state index contributed by atoms with van der Waals surface area (Å²) in [6.45, 7) is 3.92. The minimum absolute atomic E-state index is 0.00934. The van der Waals surface area contributed by atoms with E-state index < -0.39 is 24.1 Å². The van der Waals surface area contributed by atoms with Crippen molar-refractivity contribution in [2.75, 3.05) is 26.8 Å². The van der Waals surface area contributed by atoms with Gasteiger partial charge in [0.1, 0.15) is 6.61 Å². The molecule has 182 valence electrons. The number of fused-ring (bicyclic) bond motifs is 3. The van der Waals surface area contributed by atoms with E-state index in [-0.39, 0.29) is 43.9 Å². The van der Waals surface area contributed by atoms with Crippen molar-refractivity contribution in [3.63, 3.8) is 0 Å². The van der Waals surface area contributed by atoms with Gasteiger partial charge in [0, 0.05) is 26.1 Å². The number of aliphatic carboxylic acids is 1. The SMILES string of the molecule is COC(CNC(=O)OCC1c2ccccc2-c2ccccc21)CC(=O)NCC(C(=O)O)C(C)C. The minimum Gasteiger partial charge on any atom is -0.481 e. The molecule has 0 aromatic heterocycles. The molecule has 34 heavy (non-hydrogen) atoms. The van der Waals surface area contributed by atoms with Crippen LogP contribution in [0.2, 0.25) is 0 Å². The van der Waals surface area contributed by atoms with Gasteiger partial charge in [-0.15, -0.1) is 0 Å². The number of hydrogen-bond acceptors (Lipinski definition) is 5. The lowest BCUT2D eigenvalue weighted by Crippen LogP contribution is -2.40. The van der Waals surface area contributed by atoms with Gasteiger partial charge in [0.05, 0.1) is 18.4 Å². The largest absolute Gasteiger partial charge is 0.481 e. The van der Waals surface area contributed by atoms with Crippen LogP contribution in [0.1, 0.15) is 37.3 Å². The van der Waals surface area contributed by atoms with Crippen LogP contribution in [0.4, 0.5) is 4.79 Å². The highest BCUT2D eigenvalue weighted by molar-refractivity contribution is 5.79. The quantitative estimate of drug-likeness (QED) is 0.466. The van der Waals surface area contributed by atoms with Crippen LogP contribution in [0.25, 0.3) is 11.1 Å². The van der Waals surface area contributed by atoms with E-state index in [9.17, 15) is 19.5 Å². The van der Waals surface area contributed by atoms with Crippen LogP contribution < -0.4 is 10.6 Å². The highest BCUT2D eigenvalue weighted by Crippen LogP contribution is 2.44. The molecular formula is C26H32N2O6. The lowest BCUT2D eigenvalue weighted by Gasteiger charge is -2.19. The maximum Gasteiger partial charge on any atom is 0.407 e. The summed E-state index contributed by atoms with van der Waals surface area (Å²) in [5.74, 6) is -2.09. The maximum absolute atomic E-state index is 12.3. The summed E-state index contributed by atoms with van der Waals surface area (Å²) in [6, 6.07) is 16.2. The number of rotatable bonds is 11. The molecule has 1 aliphatic carbocycles. The molecule has 2 atom stereocenters. The first-order chi connectivity index (χ1) is 16.3. The van der Waals surface area contributed by atoms with E-state index in [1.165, 1.54) is 7.11 Å². The van der Waals surface area contributed by atoms with Gasteiger partial charge in [0.2, 0.25) is 5.91 Å². The Morgan fingerprint density at radius 3 is 2.06 bits per heavy atom. The summed E-state index contributed by atoms with van der Waals surface area (Å²) in [6.07, 6.45) is -1.16. The van der Waals surface area contributed by atoms with E-state index in [1.807, 2.05) is 24.3 Å². The van der Waals surface area contributed by atoms with Gasteiger partial charge in [0.15, 0.2) is 0 Å². The first-order valence-electron chi connectivity index (χ1n) is 11.4. The third kappa shape index (κ3) is 6.14. The van der Waals surface area contributed by atoms with Crippen LogP contribution in [0.15, 0.2) is 48.5 Å². The van der Waals surface area contributed by atoms with Crippen molar-refractivity contribution in [3.05, 3.63) is 59.7 Å². The average molecular weight is 469 g/mol. The zero-order chi connectivity index (χ0) is 24.7. The summed E-state index contributed by atoms with van der Waals surface area (Å²) in [7, 11) is 1.45. The maximum atomic E-state index is 12.3. The second kappa shape index (κ2) is 11.7. The number of hydrogen-bond donors (Lipinski definition) is 3. The van der Waals surface area contributed by atoms with Crippen LogP contribution in [-0.4, -0.2) is 56.0 Å². The van der Waals surface area contributed by atoms with Crippen LogP contribution >= 0.6 is 0 Å². The van der Waals surface area contributed by atoms with E-state index in [0.29, 0.717) is 0 Å². The number of carbonyl (C=O) groups is 3. The Kier molecular flexibility index (Phi) is 8.65. The van der Waals surface area contributed by atoms with Crippen molar-refractivity contribution in [3.8, 4) is 11.1 Å². The zero-order valence-electron chi connectivity index (χ0n) is 19.7.